The highest BCUT2D eigenvalue weighted by Gasteiger charge is 2.43. The van der Waals surface area contributed by atoms with Gasteiger partial charge in [0.25, 0.3) is 5.91 Å². The Kier molecular flexibility index (Phi) is 12.8. The Bertz CT molecular complexity index is 1830. The Balaban J connectivity index is 1.18. The van der Waals surface area contributed by atoms with Gasteiger partial charge in [0.2, 0.25) is 11.7 Å². The summed E-state index contributed by atoms with van der Waals surface area (Å²) >= 11 is 0. The number of hydrogen-bond acceptors (Lipinski definition) is 8. The highest BCUT2D eigenvalue weighted by atomic mass is 19.2. The third kappa shape index (κ3) is 9.54. The van der Waals surface area contributed by atoms with Crippen molar-refractivity contribution in [3.63, 3.8) is 0 Å². The lowest BCUT2D eigenvalue weighted by molar-refractivity contribution is -0.141. The molecule has 2 amide bonds. The zero-order valence-corrected chi connectivity index (χ0v) is 30.6. The Labute approximate surface area is 313 Å². The Morgan fingerprint density at radius 2 is 1.56 bits per heavy atom. The Morgan fingerprint density at radius 3 is 2.26 bits per heavy atom. The lowest BCUT2D eigenvalue weighted by Gasteiger charge is -2.45. The van der Waals surface area contributed by atoms with Gasteiger partial charge in [-0.25, -0.2) is 8.78 Å². The molecule has 1 N–H and O–H groups in total. The van der Waals surface area contributed by atoms with Crippen LogP contribution in [0, 0.1) is 17.5 Å². The summed E-state index contributed by atoms with van der Waals surface area (Å²) in [6, 6.07) is 16.4. The molecular weight excluding hydrogens is 703 g/mol. The Morgan fingerprint density at radius 1 is 0.833 bits per heavy atom. The van der Waals surface area contributed by atoms with Crippen molar-refractivity contribution in [2.45, 2.75) is 69.5 Å². The van der Waals surface area contributed by atoms with Crippen molar-refractivity contribution in [3.05, 3.63) is 94.8 Å². The van der Waals surface area contributed by atoms with Gasteiger partial charge in [-0.05, 0) is 91.6 Å². The molecule has 2 aliphatic heterocycles. The summed E-state index contributed by atoms with van der Waals surface area (Å²) in [5.41, 5.74) is 3.43. The summed E-state index contributed by atoms with van der Waals surface area (Å²) < 4.78 is 62.7. The van der Waals surface area contributed by atoms with E-state index < -0.39 is 29.2 Å². The number of fused-ring (bicyclic) bond motifs is 2. The monoisotopic (exact) mass is 749 g/mol. The molecule has 3 aromatic carbocycles. The van der Waals surface area contributed by atoms with Gasteiger partial charge in [0.15, 0.2) is 17.4 Å². The van der Waals surface area contributed by atoms with Crippen LogP contribution in [-0.4, -0.2) is 92.8 Å². The molecule has 10 nitrogen and oxygen atoms in total. The van der Waals surface area contributed by atoms with Crippen LogP contribution in [0.5, 0.6) is 17.2 Å². The highest BCUT2D eigenvalue weighted by molar-refractivity contribution is 6.03. The van der Waals surface area contributed by atoms with E-state index in [0.717, 1.165) is 47.4 Å². The van der Waals surface area contributed by atoms with Crippen LogP contribution < -0.4 is 19.5 Å². The molecule has 13 heteroatoms. The fourth-order valence-corrected chi connectivity index (χ4v) is 7.10. The maximum Gasteiger partial charge on any atom is 0.305 e. The van der Waals surface area contributed by atoms with Crippen LogP contribution in [0.25, 0.3) is 5.57 Å². The molecule has 2 fully saturated rings. The first kappa shape index (κ1) is 38.7. The summed E-state index contributed by atoms with van der Waals surface area (Å²) in [5, 5.41) is 3.62. The minimum absolute atomic E-state index is 0.00499. The van der Waals surface area contributed by atoms with E-state index in [1.54, 1.807) is 12.0 Å². The summed E-state index contributed by atoms with van der Waals surface area (Å²) in [7, 11) is 2.93. The summed E-state index contributed by atoms with van der Waals surface area (Å²) in [5.74, 6) is -3.30. The number of piperazine rings is 1. The van der Waals surface area contributed by atoms with Gasteiger partial charge >= 0.3 is 5.97 Å². The predicted molar refractivity (Wildman–Crippen MR) is 194 cm³/mol. The quantitative estimate of drug-likeness (QED) is 0.104. The highest BCUT2D eigenvalue weighted by Crippen LogP contribution is 2.37. The van der Waals surface area contributed by atoms with Gasteiger partial charge in [-0.1, -0.05) is 24.3 Å². The van der Waals surface area contributed by atoms with Gasteiger partial charge in [0, 0.05) is 43.6 Å². The van der Waals surface area contributed by atoms with Crippen molar-refractivity contribution >= 4 is 23.4 Å². The van der Waals surface area contributed by atoms with Crippen LogP contribution in [0.2, 0.25) is 0 Å². The summed E-state index contributed by atoms with van der Waals surface area (Å²) in [6.07, 6.45) is 4.08. The number of hydrogen-bond donors (Lipinski definition) is 1. The molecule has 0 unspecified atom stereocenters. The minimum Gasteiger partial charge on any atom is -0.497 e. The molecule has 0 aromatic heterocycles. The van der Waals surface area contributed by atoms with Crippen molar-refractivity contribution < 1.29 is 46.5 Å². The van der Waals surface area contributed by atoms with Crippen molar-refractivity contribution in [2.24, 2.45) is 0 Å². The normalized spacial score (nSPS) is 17.9. The molecule has 2 atom stereocenters. The lowest BCUT2D eigenvalue weighted by Crippen LogP contribution is -2.62. The second-order valence-electron chi connectivity index (χ2n) is 13.8. The predicted octanol–water partition coefficient (Wildman–Crippen LogP) is 5.86. The van der Waals surface area contributed by atoms with E-state index in [9.17, 15) is 27.6 Å². The summed E-state index contributed by atoms with van der Waals surface area (Å²) in [4.78, 5) is 43.3. The fourth-order valence-electron chi connectivity index (χ4n) is 7.10. The average Bonchev–Trinajstić information content (AvgIpc) is 4.03. The number of carbonyl (C=O) groups is 3. The van der Waals surface area contributed by atoms with Crippen molar-refractivity contribution in [2.75, 3.05) is 47.1 Å². The molecule has 0 spiro atoms. The minimum atomic E-state index is -1.35. The topological polar surface area (TPSA) is 107 Å². The number of amides is 2. The van der Waals surface area contributed by atoms with Crippen LogP contribution in [0.1, 0.15) is 56.1 Å². The van der Waals surface area contributed by atoms with Crippen LogP contribution >= 0.6 is 0 Å². The van der Waals surface area contributed by atoms with Gasteiger partial charge in [0.05, 0.1) is 33.4 Å². The molecule has 2 heterocycles. The van der Waals surface area contributed by atoms with E-state index in [4.69, 9.17) is 18.9 Å². The van der Waals surface area contributed by atoms with Crippen LogP contribution in [0.3, 0.4) is 0 Å². The first-order valence-electron chi connectivity index (χ1n) is 18.4. The molecule has 3 aliphatic rings. The van der Waals surface area contributed by atoms with Gasteiger partial charge in [-0.2, -0.15) is 4.39 Å². The van der Waals surface area contributed by atoms with E-state index in [-0.39, 0.29) is 49.3 Å². The smallest absolute Gasteiger partial charge is 0.305 e. The molecule has 54 heavy (non-hydrogen) atoms. The fraction of sp³-hybridized carbons (Fsp3) is 0.439. The maximum atomic E-state index is 14.7. The van der Waals surface area contributed by atoms with Crippen molar-refractivity contribution in [1.29, 1.82) is 0 Å². The summed E-state index contributed by atoms with van der Waals surface area (Å²) in [6.45, 7) is 1.49. The zero-order chi connectivity index (χ0) is 38.2. The second-order valence-corrected chi connectivity index (χ2v) is 13.8. The zero-order valence-electron chi connectivity index (χ0n) is 30.6. The first-order valence-corrected chi connectivity index (χ1v) is 18.4. The molecule has 1 saturated heterocycles. The number of halogens is 3. The van der Waals surface area contributed by atoms with E-state index in [0.29, 0.717) is 63.2 Å². The lowest BCUT2D eigenvalue weighted by atomic mass is 9.82. The molecule has 3 aromatic rings. The average molecular weight is 750 g/mol. The Hall–Kier alpha value is -5.04. The number of methoxy groups -OCH3 is 2. The number of aryl methyl sites for hydroxylation is 1. The van der Waals surface area contributed by atoms with Gasteiger partial charge in [-0.15, -0.1) is 0 Å². The molecule has 1 saturated carbocycles. The number of rotatable bonds is 17. The van der Waals surface area contributed by atoms with Crippen molar-refractivity contribution in [1.82, 2.24) is 15.1 Å². The second kappa shape index (κ2) is 17.9. The molecule has 1 aliphatic carbocycles. The van der Waals surface area contributed by atoms with Gasteiger partial charge in [0.1, 0.15) is 18.1 Å². The van der Waals surface area contributed by atoms with E-state index in [1.807, 2.05) is 53.4 Å². The molecule has 288 valence electrons. The van der Waals surface area contributed by atoms with Gasteiger partial charge in [-0.3, -0.25) is 14.4 Å². The number of carbonyl (C=O) groups excluding carboxylic acids is 3. The number of nitrogens with one attached hydrogen (secondary N) is 1. The molecule has 0 radical (unpaired) electrons. The van der Waals surface area contributed by atoms with E-state index >= 15 is 0 Å². The van der Waals surface area contributed by atoms with Crippen LogP contribution in [0.15, 0.2) is 66.2 Å². The largest absolute Gasteiger partial charge is 0.497 e. The number of nitrogens with zero attached hydrogens (tertiary/aromatic N) is 2. The molecule has 2 bridgehead atoms. The third-order valence-corrected chi connectivity index (χ3v) is 10.1. The van der Waals surface area contributed by atoms with Gasteiger partial charge < -0.3 is 34.1 Å². The number of esters is 1. The third-order valence-electron chi connectivity index (χ3n) is 10.1. The number of ether oxygens (including phenoxy) is 4. The van der Waals surface area contributed by atoms with Crippen LogP contribution in [0.4, 0.5) is 13.2 Å². The molecular formula is C41H46F3N3O7. The SMILES string of the molecule is COC(=O)CCCC(=O)N1C[C@H]2CC(c3ccc(CCCOc4c(F)ccc(F)c4F)cc3)=C(C(=O)N(CCOc3ccc(OC)cc3)C3CC3)[C@@H](C1)N2. The van der Waals surface area contributed by atoms with E-state index in [1.165, 1.54) is 7.11 Å². The van der Waals surface area contributed by atoms with Crippen LogP contribution in [-0.2, 0) is 25.5 Å². The maximum absolute atomic E-state index is 14.7. The van der Waals surface area contributed by atoms with Crippen molar-refractivity contribution in [3.8, 4) is 17.2 Å². The molecule has 6 rings (SSSR count). The first-order chi connectivity index (χ1) is 26.1. The standard InChI is InChI=1S/C41H46F3N3O7/c1-51-30-14-16-31(17-15-30)53-22-20-47(29-12-13-29)41(50)38-32(23-28-24-46(25-35(38)45-28)36(48)6-3-7-37(49)52-2)27-10-8-26(9-11-27)5-4-21-54-40-34(43)19-18-33(42)39(40)44/h8-11,14-19,28-29,35,45H,3-7,12-13,20-25H2,1-2H3/t28-,35-/m1/s1. The number of benzene rings is 3. The van der Waals surface area contributed by atoms with E-state index in [2.05, 4.69) is 5.32 Å².